The van der Waals surface area contributed by atoms with E-state index in [0.29, 0.717) is 22.2 Å². The number of hydrogen-bond acceptors (Lipinski definition) is 4. The van der Waals surface area contributed by atoms with Gasteiger partial charge in [0.15, 0.2) is 0 Å². The maximum absolute atomic E-state index is 13.1. The van der Waals surface area contributed by atoms with Gasteiger partial charge in [0.05, 0.1) is 21.5 Å². The smallest absolute Gasteiger partial charge is 0.313 e. The van der Waals surface area contributed by atoms with Gasteiger partial charge < -0.3 is 4.57 Å². The molecule has 0 unspecified atom stereocenters. The summed E-state index contributed by atoms with van der Waals surface area (Å²) in [5, 5.41) is 11.7. The van der Waals surface area contributed by atoms with Crippen molar-refractivity contribution in [1.29, 1.82) is 0 Å². The second kappa shape index (κ2) is 6.84. The number of non-ortho nitro benzene ring substituents is 1. The zero-order valence-electron chi connectivity index (χ0n) is 17.0. The van der Waals surface area contributed by atoms with E-state index in [1.807, 2.05) is 36.6 Å². The Morgan fingerprint density at radius 2 is 1.70 bits per heavy atom. The summed E-state index contributed by atoms with van der Waals surface area (Å²) in [6, 6.07) is 12.1. The Bertz CT molecular complexity index is 1460. The lowest BCUT2D eigenvalue weighted by atomic mass is 10.1. The van der Waals surface area contributed by atoms with Gasteiger partial charge in [0.1, 0.15) is 0 Å². The Morgan fingerprint density at radius 1 is 0.967 bits per heavy atom. The van der Waals surface area contributed by atoms with Crippen LogP contribution in [-0.2, 0) is 14.1 Å². The highest BCUT2D eigenvalue weighted by Crippen LogP contribution is 2.33. The molecule has 2 aromatic heterocycles. The molecule has 0 fully saturated rings. The maximum atomic E-state index is 13.1. The van der Waals surface area contributed by atoms with E-state index in [2.05, 4.69) is 0 Å². The molecule has 2 aromatic carbocycles. The SMILES string of the molecule is Cc1ccc(C)c(-n2cc3c(c2-c2cccc([N+](=O)[O-])c2)c(=O)n(C)c(=O)n3C)c1. The molecule has 0 aliphatic heterocycles. The molecule has 0 saturated heterocycles. The third kappa shape index (κ3) is 2.85. The molecule has 4 aromatic rings. The molecule has 0 aliphatic carbocycles. The van der Waals surface area contributed by atoms with Crippen molar-refractivity contribution in [3.8, 4) is 16.9 Å². The van der Waals surface area contributed by atoms with Crippen molar-refractivity contribution < 1.29 is 4.92 Å². The van der Waals surface area contributed by atoms with Crippen LogP contribution in [0.5, 0.6) is 0 Å². The van der Waals surface area contributed by atoms with Gasteiger partial charge in [-0.25, -0.2) is 4.79 Å². The molecule has 0 saturated carbocycles. The summed E-state index contributed by atoms with van der Waals surface area (Å²) in [6.07, 6.45) is 1.74. The van der Waals surface area contributed by atoms with Crippen LogP contribution in [0.2, 0.25) is 0 Å². The molecule has 8 nitrogen and oxygen atoms in total. The normalized spacial score (nSPS) is 11.2. The molecule has 2 heterocycles. The number of benzene rings is 2. The lowest BCUT2D eigenvalue weighted by Gasteiger charge is -2.13. The number of nitro groups is 1. The van der Waals surface area contributed by atoms with E-state index in [0.717, 1.165) is 21.4 Å². The van der Waals surface area contributed by atoms with Crippen LogP contribution < -0.4 is 11.2 Å². The van der Waals surface area contributed by atoms with Gasteiger partial charge in [-0.2, -0.15) is 0 Å². The Balaban J connectivity index is 2.23. The van der Waals surface area contributed by atoms with Crippen molar-refractivity contribution >= 4 is 16.6 Å². The summed E-state index contributed by atoms with van der Waals surface area (Å²) in [4.78, 5) is 36.5. The quantitative estimate of drug-likeness (QED) is 0.387. The molecule has 0 N–H and O–H groups in total. The first-order valence-electron chi connectivity index (χ1n) is 9.34. The second-order valence-corrected chi connectivity index (χ2v) is 7.41. The molecule has 0 aliphatic rings. The van der Waals surface area contributed by atoms with Gasteiger partial charge in [-0.1, -0.05) is 24.3 Å². The molecule has 8 heteroatoms. The minimum atomic E-state index is -0.468. The fourth-order valence-corrected chi connectivity index (χ4v) is 3.76. The Labute approximate surface area is 171 Å². The number of fused-ring (bicyclic) bond motifs is 1. The lowest BCUT2D eigenvalue weighted by molar-refractivity contribution is -0.384. The van der Waals surface area contributed by atoms with Crippen molar-refractivity contribution in [3.05, 3.63) is 90.7 Å². The summed E-state index contributed by atoms with van der Waals surface area (Å²) in [6.45, 7) is 3.92. The van der Waals surface area contributed by atoms with Crippen LogP contribution >= 0.6 is 0 Å². The van der Waals surface area contributed by atoms with Gasteiger partial charge in [-0.05, 0) is 31.0 Å². The zero-order valence-corrected chi connectivity index (χ0v) is 17.0. The highest BCUT2D eigenvalue weighted by Gasteiger charge is 2.22. The van der Waals surface area contributed by atoms with E-state index in [1.54, 1.807) is 25.4 Å². The van der Waals surface area contributed by atoms with Crippen molar-refractivity contribution in [2.75, 3.05) is 0 Å². The molecule has 0 spiro atoms. The standard InChI is InChI=1S/C22H20N4O4/c1-13-8-9-14(2)17(10-13)25-12-18-19(21(27)24(4)22(28)23(18)3)20(25)15-6-5-7-16(11-15)26(29)30/h5-12H,1-4H3. The predicted molar refractivity (Wildman–Crippen MR) is 115 cm³/mol. The zero-order chi connectivity index (χ0) is 21.7. The number of hydrogen-bond donors (Lipinski definition) is 0. The van der Waals surface area contributed by atoms with Crippen molar-refractivity contribution in [2.24, 2.45) is 14.1 Å². The monoisotopic (exact) mass is 404 g/mol. The van der Waals surface area contributed by atoms with Crippen LogP contribution in [0.4, 0.5) is 5.69 Å². The fraction of sp³-hybridized carbons (Fsp3) is 0.182. The molecule has 0 bridgehead atoms. The fourth-order valence-electron chi connectivity index (χ4n) is 3.76. The van der Waals surface area contributed by atoms with Gasteiger partial charge in [-0.15, -0.1) is 0 Å². The van der Waals surface area contributed by atoms with E-state index < -0.39 is 16.2 Å². The summed E-state index contributed by atoms with van der Waals surface area (Å²) in [5.74, 6) is 0. The second-order valence-electron chi connectivity index (χ2n) is 7.41. The van der Waals surface area contributed by atoms with E-state index in [1.165, 1.54) is 23.7 Å². The largest absolute Gasteiger partial charge is 0.330 e. The lowest BCUT2D eigenvalue weighted by Crippen LogP contribution is -2.36. The number of rotatable bonds is 3. The van der Waals surface area contributed by atoms with E-state index in [-0.39, 0.29) is 5.69 Å². The molecular weight excluding hydrogens is 384 g/mol. The highest BCUT2D eigenvalue weighted by molar-refractivity contribution is 5.95. The minimum Gasteiger partial charge on any atom is -0.313 e. The maximum Gasteiger partial charge on any atom is 0.330 e. The summed E-state index contributed by atoms with van der Waals surface area (Å²) in [5.41, 5.74) is 3.38. The van der Waals surface area contributed by atoms with Crippen LogP contribution in [0.25, 0.3) is 27.8 Å². The molecule has 152 valence electrons. The molecule has 4 rings (SSSR count). The third-order valence-corrected chi connectivity index (χ3v) is 5.39. The Hall–Kier alpha value is -3.94. The van der Waals surface area contributed by atoms with Crippen LogP contribution in [0.3, 0.4) is 0 Å². The van der Waals surface area contributed by atoms with E-state index >= 15 is 0 Å². The molecule has 0 amide bonds. The van der Waals surface area contributed by atoms with Crippen molar-refractivity contribution in [3.63, 3.8) is 0 Å². The van der Waals surface area contributed by atoms with Gasteiger partial charge in [0.2, 0.25) is 0 Å². The molecular formula is C22H20N4O4. The number of aromatic nitrogens is 3. The summed E-state index contributed by atoms with van der Waals surface area (Å²) >= 11 is 0. The number of nitrogens with zero attached hydrogens (tertiary/aromatic N) is 4. The predicted octanol–water partition coefficient (Wildman–Crippen LogP) is 3.22. The highest BCUT2D eigenvalue weighted by atomic mass is 16.6. The Kier molecular flexibility index (Phi) is 4.42. The average Bonchev–Trinajstić information content (AvgIpc) is 3.13. The molecule has 0 radical (unpaired) electrons. The van der Waals surface area contributed by atoms with Gasteiger partial charge in [-0.3, -0.25) is 24.0 Å². The summed E-state index contributed by atoms with van der Waals surface area (Å²) in [7, 11) is 3.03. The van der Waals surface area contributed by atoms with Gasteiger partial charge in [0, 0.05) is 43.7 Å². The van der Waals surface area contributed by atoms with Gasteiger partial charge in [0.25, 0.3) is 11.2 Å². The summed E-state index contributed by atoms with van der Waals surface area (Å²) < 4.78 is 4.31. The average molecular weight is 404 g/mol. The first kappa shape index (κ1) is 19.4. The first-order valence-corrected chi connectivity index (χ1v) is 9.34. The van der Waals surface area contributed by atoms with Crippen LogP contribution in [-0.4, -0.2) is 18.6 Å². The Morgan fingerprint density at radius 3 is 2.40 bits per heavy atom. The van der Waals surface area contributed by atoms with Crippen LogP contribution in [0.15, 0.2) is 58.3 Å². The topological polar surface area (TPSA) is 92.1 Å². The van der Waals surface area contributed by atoms with E-state index in [9.17, 15) is 19.7 Å². The third-order valence-electron chi connectivity index (χ3n) is 5.39. The number of nitro benzene ring substituents is 1. The number of aryl methyl sites for hydroxylation is 3. The van der Waals surface area contributed by atoms with Crippen molar-refractivity contribution in [2.45, 2.75) is 13.8 Å². The van der Waals surface area contributed by atoms with E-state index in [4.69, 9.17) is 0 Å². The van der Waals surface area contributed by atoms with Gasteiger partial charge >= 0.3 is 5.69 Å². The van der Waals surface area contributed by atoms with Crippen LogP contribution in [0, 0.1) is 24.0 Å². The minimum absolute atomic E-state index is 0.0731. The molecule has 30 heavy (non-hydrogen) atoms. The van der Waals surface area contributed by atoms with Crippen molar-refractivity contribution in [1.82, 2.24) is 13.7 Å². The first-order chi connectivity index (χ1) is 14.2. The van der Waals surface area contributed by atoms with Crippen LogP contribution in [0.1, 0.15) is 11.1 Å². The molecule has 0 atom stereocenters.